The van der Waals surface area contributed by atoms with Crippen LogP contribution >= 0.6 is 0 Å². The van der Waals surface area contributed by atoms with E-state index < -0.39 is 15.8 Å². The predicted octanol–water partition coefficient (Wildman–Crippen LogP) is 1.30. The minimum absolute atomic E-state index is 0.00821. The van der Waals surface area contributed by atoms with E-state index in [1.54, 1.807) is 0 Å². The van der Waals surface area contributed by atoms with E-state index in [0.29, 0.717) is 0 Å². The first kappa shape index (κ1) is 17.8. The van der Waals surface area contributed by atoms with Crippen LogP contribution in [0, 0.1) is 0 Å². The van der Waals surface area contributed by atoms with Crippen LogP contribution in [-0.2, 0) is 19.4 Å². The second-order valence-corrected chi connectivity index (χ2v) is 6.14. The van der Waals surface area contributed by atoms with Crippen LogP contribution in [0.2, 0.25) is 0 Å². The van der Waals surface area contributed by atoms with Crippen LogP contribution in [0.5, 0.6) is 17.2 Å². The average Bonchev–Trinajstić information content (AvgIpc) is 2.49. The highest BCUT2D eigenvalue weighted by atomic mass is 32.2. The highest BCUT2D eigenvalue weighted by Crippen LogP contribution is 2.44. The van der Waals surface area contributed by atoms with Crippen molar-refractivity contribution in [2.24, 2.45) is 0 Å². The molecule has 0 aliphatic rings. The number of methoxy groups -OCH3 is 4. The van der Waals surface area contributed by atoms with Gasteiger partial charge in [-0.15, -0.1) is 0 Å². The first-order valence-corrected chi connectivity index (χ1v) is 7.98. The van der Waals surface area contributed by atoms with E-state index in [9.17, 15) is 13.2 Å². The SMILES string of the molecule is COC(=O)/C=C/c1cc(OC)c(OC)c(OC)c1S(C)(=O)=O. The summed E-state index contributed by atoms with van der Waals surface area (Å²) in [7, 11) is 1.67. The quantitative estimate of drug-likeness (QED) is 0.574. The van der Waals surface area contributed by atoms with Gasteiger partial charge < -0.3 is 18.9 Å². The maximum absolute atomic E-state index is 12.1. The molecule has 0 amide bonds. The van der Waals surface area contributed by atoms with Crippen LogP contribution in [-0.4, -0.2) is 49.1 Å². The predicted molar refractivity (Wildman–Crippen MR) is 80.3 cm³/mol. The van der Waals surface area contributed by atoms with E-state index in [1.165, 1.54) is 40.6 Å². The lowest BCUT2D eigenvalue weighted by Gasteiger charge is -2.17. The van der Waals surface area contributed by atoms with Crippen LogP contribution in [0.3, 0.4) is 0 Å². The average molecular weight is 330 g/mol. The number of sulfone groups is 1. The first-order chi connectivity index (χ1) is 10.3. The molecule has 0 saturated heterocycles. The molecule has 0 bridgehead atoms. The smallest absolute Gasteiger partial charge is 0.330 e. The Morgan fingerprint density at radius 2 is 1.64 bits per heavy atom. The fourth-order valence-electron chi connectivity index (χ4n) is 1.88. The summed E-state index contributed by atoms with van der Waals surface area (Å²) in [6.07, 6.45) is 3.45. The second kappa shape index (κ2) is 7.17. The topological polar surface area (TPSA) is 88.1 Å². The molecular weight excluding hydrogens is 312 g/mol. The summed E-state index contributed by atoms with van der Waals surface area (Å²) in [5, 5.41) is 0. The van der Waals surface area contributed by atoms with E-state index in [0.717, 1.165) is 12.3 Å². The van der Waals surface area contributed by atoms with Crippen LogP contribution in [0.15, 0.2) is 17.0 Å². The van der Waals surface area contributed by atoms with E-state index in [-0.39, 0.29) is 27.7 Å². The van der Waals surface area contributed by atoms with Gasteiger partial charge in [-0.1, -0.05) is 0 Å². The summed E-state index contributed by atoms with van der Waals surface area (Å²) < 4.78 is 44.2. The minimum atomic E-state index is -3.65. The number of esters is 1. The number of hydrogen-bond acceptors (Lipinski definition) is 7. The van der Waals surface area contributed by atoms with E-state index in [4.69, 9.17) is 14.2 Å². The maximum Gasteiger partial charge on any atom is 0.330 e. The van der Waals surface area contributed by atoms with E-state index >= 15 is 0 Å². The zero-order valence-corrected chi connectivity index (χ0v) is 13.8. The number of ether oxygens (including phenoxy) is 4. The third-order valence-corrected chi connectivity index (χ3v) is 3.95. The Morgan fingerprint density at radius 1 is 1.05 bits per heavy atom. The summed E-state index contributed by atoms with van der Waals surface area (Å²) in [6, 6.07) is 1.44. The fraction of sp³-hybridized carbons (Fsp3) is 0.357. The van der Waals surface area contributed by atoms with Crippen molar-refractivity contribution in [1.82, 2.24) is 0 Å². The van der Waals surface area contributed by atoms with Crippen molar-refractivity contribution in [3.63, 3.8) is 0 Å². The lowest BCUT2D eigenvalue weighted by atomic mass is 10.1. The lowest BCUT2D eigenvalue weighted by molar-refractivity contribution is -0.134. The molecule has 22 heavy (non-hydrogen) atoms. The zero-order valence-electron chi connectivity index (χ0n) is 13.0. The Morgan fingerprint density at radius 3 is 2.05 bits per heavy atom. The zero-order chi connectivity index (χ0) is 16.9. The monoisotopic (exact) mass is 330 g/mol. The van der Waals surface area contributed by atoms with Gasteiger partial charge in [0.15, 0.2) is 21.3 Å². The molecule has 0 aliphatic heterocycles. The van der Waals surface area contributed by atoms with Gasteiger partial charge in [-0.2, -0.15) is 0 Å². The van der Waals surface area contributed by atoms with Crippen molar-refractivity contribution in [2.45, 2.75) is 4.90 Å². The largest absolute Gasteiger partial charge is 0.493 e. The first-order valence-electron chi connectivity index (χ1n) is 6.09. The van der Waals surface area contributed by atoms with Gasteiger partial charge in [0, 0.05) is 17.9 Å². The molecule has 0 N–H and O–H groups in total. The third-order valence-electron chi connectivity index (χ3n) is 2.78. The molecule has 122 valence electrons. The molecule has 0 atom stereocenters. The molecule has 0 heterocycles. The molecule has 0 fully saturated rings. The van der Waals surface area contributed by atoms with Crippen LogP contribution in [0.4, 0.5) is 0 Å². The molecule has 0 spiro atoms. The van der Waals surface area contributed by atoms with Crippen LogP contribution in [0.25, 0.3) is 6.08 Å². The van der Waals surface area contributed by atoms with Gasteiger partial charge in [0.1, 0.15) is 4.90 Å². The minimum Gasteiger partial charge on any atom is -0.493 e. The van der Waals surface area contributed by atoms with Crippen molar-refractivity contribution in [3.8, 4) is 17.2 Å². The summed E-state index contributed by atoms with van der Waals surface area (Å²) in [5.74, 6) is -0.182. The van der Waals surface area contributed by atoms with Gasteiger partial charge in [-0.3, -0.25) is 0 Å². The highest BCUT2D eigenvalue weighted by molar-refractivity contribution is 7.90. The van der Waals surface area contributed by atoms with Crippen molar-refractivity contribution in [2.75, 3.05) is 34.7 Å². The van der Waals surface area contributed by atoms with Crippen LogP contribution < -0.4 is 14.2 Å². The van der Waals surface area contributed by atoms with Crippen molar-refractivity contribution >= 4 is 21.9 Å². The van der Waals surface area contributed by atoms with E-state index in [2.05, 4.69) is 4.74 Å². The van der Waals surface area contributed by atoms with Crippen molar-refractivity contribution < 1.29 is 32.2 Å². The molecule has 0 radical (unpaired) electrons. The molecule has 0 saturated carbocycles. The molecule has 7 nitrogen and oxygen atoms in total. The number of carbonyl (C=O) groups is 1. The fourth-order valence-corrected chi connectivity index (χ4v) is 2.95. The van der Waals surface area contributed by atoms with Gasteiger partial charge >= 0.3 is 5.97 Å². The van der Waals surface area contributed by atoms with Gasteiger partial charge in [0.05, 0.1) is 28.4 Å². The summed E-state index contributed by atoms with van der Waals surface area (Å²) in [5.41, 5.74) is 0.224. The molecular formula is C14H18O7S. The normalized spacial score (nSPS) is 11.3. The molecule has 1 aromatic rings. The van der Waals surface area contributed by atoms with Gasteiger partial charge in [-0.25, -0.2) is 13.2 Å². The number of benzene rings is 1. The lowest BCUT2D eigenvalue weighted by Crippen LogP contribution is -2.07. The number of hydrogen-bond donors (Lipinski definition) is 0. The Balaban J connectivity index is 3.74. The summed E-state index contributed by atoms with van der Waals surface area (Å²) in [4.78, 5) is 11.1. The summed E-state index contributed by atoms with van der Waals surface area (Å²) in [6.45, 7) is 0. The number of rotatable bonds is 6. The Bertz CT molecular complexity index is 690. The highest BCUT2D eigenvalue weighted by Gasteiger charge is 2.26. The Kier molecular flexibility index (Phi) is 5.81. The second-order valence-electron chi connectivity index (χ2n) is 4.19. The third kappa shape index (κ3) is 3.70. The van der Waals surface area contributed by atoms with Crippen molar-refractivity contribution in [1.29, 1.82) is 0 Å². The molecule has 0 aromatic heterocycles. The molecule has 8 heteroatoms. The Labute approximate surface area is 129 Å². The van der Waals surface area contributed by atoms with Crippen LogP contribution in [0.1, 0.15) is 5.56 Å². The van der Waals surface area contributed by atoms with Gasteiger partial charge in [0.25, 0.3) is 0 Å². The molecule has 1 aromatic carbocycles. The van der Waals surface area contributed by atoms with Crippen molar-refractivity contribution in [3.05, 3.63) is 17.7 Å². The molecule has 0 unspecified atom stereocenters. The molecule has 0 aliphatic carbocycles. The van der Waals surface area contributed by atoms with Gasteiger partial charge in [-0.05, 0) is 12.1 Å². The molecule has 1 rings (SSSR count). The standard InChI is InChI=1S/C14H18O7S/c1-18-10-8-9(6-7-11(15)19-2)14(22(5,16)17)13(21-4)12(10)20-3/h6-8H,1-5H3/b7-6+. The number of carbonyl (C=O) groups excluding carboxylic acids is 1. The van der Waals surface area contributed by atoms with E-state index in [1.807, 2.05) is 0 Å². The Hall–Kier alpha value is -2.22. The maximum atomic E-state index is 12.1. The van der Waals surface area contributed by atoms with Gasteiger partial charge in [0.2, 0.25) is 5.75 Å². The summed E-state index contributed by atoms with van der Waals surface area (Å²) >= 11 is 0.